The number of carbonyl (C=O) groups is 1. The van der Waals surface area contributed by atoms with E-state index in [1.807, 2.05) is 0 Å². The molecule has 2 atom stereocenters. The number of nitrogens with one attached hydrogen (secondary N) is 1. The van der Waals surface area contributed by atoms with Gasteiger partial charge >= 0.3 is 0 Å². The second-order valence-electron chi connectivity index (χ2n) is 10.1. The first-order valence-corrected chi connectivity index (χ1v) is 12.4. The van der Waals surface area contributed by atoms with Crippen LogP contribution in [-0.4, -0.2) is 37.0 Å². The third-order valence-corrected chi connectivity index (χ3v) is 7.26. The molecule has 2 heterocycles. The summed E-state index contributed by atoms with van der Waals surface area (Å²) in [4.78, 5) is 17.9. The van der Waals surface area contributed by atoms with Crippen molar-refractivity contribution in [1.29, 1.82) is 0 Å². The van der Waals surface area contributed by atoms with E-state index in [-0.39, 0.29) is 17.9 Å². The highest BCUT2D eigenvalue weighted by atomic mass is 16.1. The Morgan fingerprint density at radius 1 is 1.00 bits per heavy atom. The van der Waals surface area contributed by atoms with Crippen molar-refractivity contribution in [2.24, 2.45) is 11.8 Å². The van der Waals surface area contributed by atoms with E-state index in [1.54, 1.807) is 0 Å². The molecule has 1 amide bonds. The molecule has 0 aromatic heterocycles. The van der Waals surface area contributed by atoms with Crippen molar-refractivity contribution in [3.63, 3.8) is 0 Å². The van der Waals surface area contributed by atoms with Crippen LogP contribution in [0.5, 0.6) is 0 Å². The number of hydrogen-bond acceptors (Lipinski definition) is 3. The summed E-state index contributed by atoms with van der Waals surface area (Å²) >= 11 is 0. The van der Waals surface area contributed by atoms with Crippen molar-refractivity contribution in [3.8, 4) is 0 Å². The average Bonchev–Trinajstić information content (AvgIpc) is 2.81. The number of likely N-dealkylation sites (tertiary alicyclic amines) is 1. The molecule has 0 bridgehead atoms. The first-order chi connectivity index (χ1) is 15.5. The largest absolute Gasteiger partial charge is 0.371 e. The van der Waals surface area contributed by atoms with Crippen molar-refractivity contribution in [3.05, 3.63) is 65.2 Å². The molecule has 2 aliphatic heterocycles. The van der Waals surface area contributed by atoms with E-state index in [4.69, 9.17) is 0 Å². The van der Waals surface area contributed by atoms with Gasteiger partial charge in [-0.2, -0.15) is 0 Å². The summed E-state index contributed by atoms with van der Waals surface area (Å²) in [6.07, 6.45) is 4.49. The lowest BCUT2D eigenvalue weighted by Gasteiger charge is -2.33. The molecule has 0 spiro atoms. The van der Waals surface area contributed by atoms with E-state index >= 15 is 0 Å². The Morgan fingerprint density at radius 3 is 2.34 bits per heavy atom. The Hall–Kier alpha value is -2.33. The Kier molecular flexibility index (Phi) is 7.51. The Bertz CT molecular complexity index is 869. The maximum Gasteiger partial charge on any atom is 0.223 e. The highest BCUT2D eigenvalue weighted by Crippen LogP contribution is 2.25. The standard InChI is InChI=1S/C28H39N3O/c1-21-6-8-24(9-7-21)20-30-17-14-26(15-18-30)28(32)29-23(3)25-10-12-27(13-11-25)31-16-4-5-22(2)19-31/h6-13,22-23,26H,4-5,14-20H2,1-3H3,(H,29,32)/t22-,23+/m0/s1. The molecule has 4 heteroatoms. The molecule has 2 aliphatic rings. The predicted molar refractivity (Wildman–Crippen MR) is 133 cm³/mol. The molecule has 2 aromatic rings. The van der Waals surface area contributed by atoms with Crippen molar-refractivity contribution in [2.75, 3.05) is 31.1 Å². The fraction of sp³-hybridized carbons (Fsp3) is 0.536. The molecular formula is C28H39N3O. The van der Waals surface area contributed by atoms with Gasteiger partial charge in [0.05, 0.1) is 6.04 Å². The molecule has 2 fully saturated rings. The van der Waals surface area contributed by atoms with Crippen LogP contribution in [0.1, 0.15) is 62.3 Å². The zero-order valence-electron chi connectivity index (χ0n) is 20.0. The van der Waals surface area contributed by atoms with Gasteiger partial charge in [0.15, 0.2) is 0 Å². The third kappa shape index (κ3) is 5.92. The molecule has 32 heavy (non-hydrogen) atoms. The number of rotatable bonds is 6. The van der Waals surface area contributed by atoms with Crippen LogP contribution in [0.25, 0.3) is 0 Å². The van der Waals surface area contributed by atoms with Crippen LogP contribution in [0.4, 0.5) is 5.69 Å². The molecule has 4 rings (SSSR count). The SMILES string of the molecule is Cc1ccc(CN2CCC(C(=O)N[C@H](C)c3ccc(N4CCC[C@H](C)C4)cc3)CC2)cc1. The fourth-order valence-electron chi connectivity index (χ4n) is 5.12. The smallest absolute Gasteiger partial charge is 0.223 e. The minimum absolute atomic E-state index is 0.0439. The van der Waals surface area contributed by atoms with Crippen LogP contribution >= 0.6 is 0 Å². The van der Waals surface area contributed by atoms with E-state index in [0.29, 0.717) is 0 Å². The van der Waals surface area contributed by atoms with Crippen LogP contribution in [0.15, 0.2) is 48.5 Å². The maximum absolute atomic E-state index is 12.9. The average molecular weight is 434 g/mol. The van der Waals surface area contributed by atoms with Gasteiger partial charge in [-0.25, -0.2) is 0 Å². The van der Waals surface area contributed by atoms with E-state index in [2.05, 4.69) is 84.4 Å². The minimum Gasteiger partial charge on any atom is -0.371 e. The second kappa shape index (κ2) is 10.5. The summed E-state index contributed by atoms with van der Waals surface area (Å²) in [7, 11) is 0. The number of piperidine rings is 2. The molecule has 172 valence electrons. The first kappa shape index (κ1) is 22.8. The Morgan fingerprint density at radius 2 is 1.69 bits per heavy atom. The molecular weight excluding hydrogens is 394 g/mol. The zero-order chi connectivity index (χ0) is 22.5. The maximum atomic E-state index is 12.9. The third-order valence-electron chi connectivity index (χ3n) is 7.26. The van der Waals surface area contributed by atoms with Crippen molar-refractivity contribution in [1.82, 2.24) is 10.2 Å². The Labute approximate surface area is 194 Å². The quantitative estimate of drug-likeness (QED) is 0.670. The lowest BCUT2D eigenvalue weighted by atomic mass is 9.94. The topological polar surface area (TPSA) is 35.6 Å². The number of nitrogens with zero attached hydrogens (tertiary/aromatic N) is 2. The van der Waals surface area contributed by atoms with Gasteiger partial charge in [0.1, 0.15) is 0 Å². The van der Waals surface area contributed by atoms with Gasteiger partial charge in [-0.1, -0.05) is 48.9 Å². The summed E-state index contributed by atoms with van der Waals surface area (Å²) in [6, 6.07) is 17.6. The number of anilines is 1. The van der Waals surface area contributed by atoms with Gasteiger partial charge in [-0.05, 0) is 81.8 Å². The number of carbonyl (C=O) groups excluding carboxylic acids is 1. The van der Waals surface area contributed by atoms with Crippen molar-refractivity contribution < 1.29 is 4.79 Å². The monoisotopic (exact) mass is 433 g/mol. The van der Waals surface area contributed by atoms with Gasteiger partial charge in [-0.3, -0.25) is 9.69 Å². The van der Waals surface area contributed by atoms with Crippen molar-refractivity contribution >= 4 is 11.6 Å². The molecule has 2 aromatic carbocycles. The highest BCUT2D eigenvalue weighted by Gasteiger charge is 2.26. The molecule has 0 unspecified atom stereocenters. The van der Waals surface area contributed by atoms with E-state index in [9.17, 15) is 4.79 Å². The molecule has 0 aliphatic carbocycles. The van der Waals surface area contributed by atoms with Gasteiger partial charge in [-0.15, -0.1) is 0 Å². The highest BCUT2D eigenvalue weighted by molar-refractivity contribution is 5.79. The number of benzene rings is 2. The summed E-state index contributed by atoms with van der Waals surface area (Å²) in [5, 5.41) is 3.27. The van der Waals surface area contributed by atoms with Crippen molar-refractivity contribution in [2.45, 2.75) is 59.0 Å². The first-order valence-electron chi connectivity index (χ1n) is 12.4. The molecule has 4 nitrogen and oxygen atoms in total. The van der Waals surface area contributed by atoms with E-state index < -0.39 is 0 Å². The van der Waals surface area contributed by atoms with Crippen LogP contribution < -0.4 is 10.2 Å². The molecule has 1 N–H and O–H groups in total. The predicted octanol–water partition coefficient (Wildman–Crippen LogP) is 5.32. The lowest BCUT2D eigenvalue weighted by Crippen LogP contribution is -2.40. The van der Waals surface area contributed by atoms with Gasteiger partial charge < -0.3 is 10.2 Å². The number of aryl methyl sites for hydroxylation is 1. The second-order valence-corrected chi connectivity index (χ2v) is 10.1. The summed E-state index contributed by atoms with van der Waals surface area (Å²) < 4.78 is 0. The minimum atomic E-state index is 0.0439. The fourth-order valence-corrected chi connectivity index (χ4v) is 5.12. The van der Waals surface area contributed by atoms with Gasteiger partial charge in [0, 0.05) is 31.2 Å². The van der Waals surface area contributed by atoms with Gasteiger partial charge in [0.25, 0.3) is 0 Å². The molecule has 2 saturated heterocycles. The Balaban J connectivity index is 1.24. The number of amides is 1. The van der Waals surface area contributed by atoms with Crippen LogP contribution in [0.3, 0.4) is 0 Å². The lowest BCUT2D eigenvalue weighted by molar-refractivity contribution is -0.127. The van der Waals surface area contributed by atoms with E-state index in [1.165, 1.54) is 35.2 Å². The molecule has 0 radical (unpaired) electrons. The van der Waals surface area contributed by atoms with Crippen LogP contribution in [0.2, 0.25) is 0 Å². The van der Waals surface area contributed by atoms with Gasteiger partial charge in [0.2, 0.25) is 5.91 Å². The van der Waals surface area contributed by atoms with Crippen LogP contribution in [-0.2, 0) is 11.3 Å². The summed E-state index contributed by atoms with van der Waals surface area (Å²) in [5.74, 6) is 1.10. The number of hydrogen-bond donors (Lipinski definition) is 1. The summed E-state index contributed by atoms with van der Waals surface area (Å²) in [6.45, 7) is 11.8. The normalized spacial score (nSPS) is 21.3. The molecule has 0 saturated carbocycles. The zero-order valence-corrected chi connectivity index (χ0v) is 20.0. The summed E-state index contributed by atoms with van der Waals surface area (Å²) in [5.41, 5.74) is 5.15. The van der Waals surface area contributed by atoms with Crippen LogP contribution in [0, 0.1) is 18.8 Å². The van der Waals surface area contributed by atoms with E-state index in [0.717, 1.165) is 51.5 Å².